The number of hydrogen-bond acceptors (Lipinski definition) is 5. The number of aliphatic carboxylic acids is 1. The van der Waals surface area contributed by atoms with Crippen molar-refractivity contribution < 1.29 is 24.4 Å². The summed E-state index contributed by atoms with van der Waals surface area (Å²) < 4.78 is 0. The maximum Gasteiger partial charge on any atom is 0.335 e. The molecule has 0 radical (unpaired) electrons. The molecule has 3 rings (SSSR count). The average molecular weight is 299 g/mol. The molecular weight excluding hydrogens is 290 g/mol. The summed E-state index contributed by atoms with van der Waals surface area (Å²) in [4.78, 5) is 46.1. The predicted octanol–water partition coefficient (Wildman–Crippen LogP) is 1.79. The number of ketones is 2. The zero-order valence-electron chi connectivity index (χ0n) is 11.1. The number of nitro benzene ring substituents is 1. The van der Waals surface area contributed by atoms with E-state index >= 15 is 0 Å². The number of non-ortho nitro benzene ring substituents is 1. The van der Waals surface area contributed by atoms with Crippen LogP contribution in [0.3, 0.4) is 0 Å². The molecule has 2 atom stereocenters. The molecule has 0 fully saturated rings. The molecular formula is C15H9NO6. The lowest BCUT2D eigenvalue weighted by atomic mass is 9.71. The molecule has 2 aliphatic rings. The first-order chi connectivity index (χ1) is 10.4. The number of nitrogens with zero attached hydrogens (tertiary/aromatic N) is 1. The van der Waals surface area contributed by atoms with E-state index in [2.05, 4.69) is 0 Å². The van der Waals surface area contributed by atoms with Crippen molar-refractivity contribution in [3.05, 3.63) is 63.2 Å². The molecule has 0 saturated heterocycles. The molecule has 110 valence electrons. The van der Waals surface area contributed by atoms with E-state index in [0.29, 0.717) is 0 Å². The van der Waals surface area contributed by atoms with Gasteiger partial charge in [0, 0.05) is 23.3 Å². The quantitative estimate of drug-likeness (QED) is 0.657. The van der Waals surface area contributed by atoms with Gasteiger partial charge in [-0.15, -0.1) is 0 Å². The van der Waals surface area contributed by atoms with Gasteiger partial charge in [0.05, 0.1) is 22.3 Å². The van der Waals surface area contributed by atoms with Crippen molar-refractivity contribution >= 4 is 23.2 Å². The van der Waals surface area contributed by atoms with Crippen LogP contribution in [0.5, 0.6) is 0 Å². The average Bonchev–Trinajstić information content (AvgIpc) is 2.51. The Morgan fingerprint density at radius 2 is 1.82 bits per heavy atom. The largest absolute Gasteiger partial charge is 0.478 e. The molecule has 0 aliphatic heterocycles. The zero-order chi connectivity index (χ0) is 16.0. The molecule has 0 heterocycles. The number of fused-ring (bicyclic) bond motifs is 2. The molecule has 0 unspecified atom stereocenters. The van der Waals surface area contributed by atoms with Crippen molar-refractivity contribution in [2.24, 2.45) is 11.8 Å². The van der Waals surface area contributed by atoms with Gasteiger partial charge < -0.3 is 5.11 Å². The Morgan fingerprint density at radius 1 is 1.14 bits per heavy atom. The lowest BCUT2D eigenvalue weighted by molar-refractivity contribution is -0.384. The standard InChI is InChI=1S/C15H9NO6/c17-13-9-3-1-7(15(19)20)5-11(9)14(18)12-6-8(16(21)22)2-4-10(12)13/h1-6,9,11H,(H,19,20)/t9-,11-/m0/s1. The summed E-state index contributed by atoms with van der Waals surface area (Å²) in [7, 11) is 0. The zero-order valence-corrected chi connectivity index (χ0v) is 11.1. The number of nitro groups is 1. The molecule has 0 aromatic heterocycles. The Hall–Kier alpha value is -3.09. The maximum absolute atomic E-state index is 12.5. The molecule has 0 spiro atoms. The van der Waals surface area contributed by atoms with Crippen molar-refractivity contribution in [1.82, 2.24) is 0 Å². The minimum Gasteiger partial charge on any atom is -0.478 e. The number of hydrogen-bond donors (Lipinski definition) is 1. The number of rotatable bonds is 2. The summed E-state index contributed by atoms with van der Waals surface area (Å²) in [6.45, 7) is 0. The highest BCUT2D eigenvalue weighted by molar-refractivity contribution is 6.18. The summed E-state index contributed by atoms with van der Waals surface area (Å²) in [6.07, 6.45) is 3.93. The first kappa shape index (κ1) is 13.9. The van der Waals surface area contributed by atoms with Gasteiger partial charge in [0.15, 0.2) is 11.6 Å². The lowest BCUT2D eigenvalue weighted by Gasteiger charge is -2.28. The highest BCUT2D eigenvalue weighted by Crippen LogP contribution is 2.36. The fourth-order valence-electron chi connectivity index (χ4n) is 2.74. The smallest absolute Gasteiger partial charge is 0.335 e. The lowest BCUT2D eigenvalue weighted by Crippen LogP contribution is -2.36. The Kier molecular flexibility index (Phi) is 2.98. The maximum atomic E-state index is 12.5. The van der Waals surface area contributed by atoms with E-state index in [9.17, 15) is 24.5 Å². The number of carboxylic acid groups (broad SMARTS) is 1. The van der Waals surface area contributed by atoms with E-state index in [4.69, 9.17) is 5.11 Å². The SMILES string of the molecule is O=C(O)C1=C[C@@H]2C(=O)c3cc([N+](=O)[O-])ccc3C(=O)[C@H]2C=C1. The van der Waals surface area contributed by atoms with Gasteiger partial charge in [-0.05, 0) is 6.07 Å². The van der Waals surface area contributed by atoms with Gasteiger partial charge in [0.25, 0.3) is 5.69 Å². The number of benzene rings is 1. The van der Waals surface area contributed by atoms with E-state index in [-0.39, 0.29) is 28.2 Å². The van der Waals surface area contributed by atoms with Gasteiger partial charge in [-0.3, -0.25) is 19.7 Å². The third-order valence-electron chi connectivity index (χ3n) is 3.83. The Bertz CT molecular complexity index is 804. The number of carbonyl (C=O) groups excluding carboxylic acids is 2. The topological polar surface area (TPSA) is 115 Å². The van der Waals surface area contributed by atoms with Gasteiger partial charge in [-0.2, -0.15) is 0 Å². The molecule has 1 aromatic rings. The highest BCUT2D eigenvalue weighted by Gasteiger charge is 2.41. The molecule has 1 aromatic carbocycles. The van der Waals surface area contributed by atoms with Crippen LogP contribution in [0.2, 0.25) is 0 Å². The predicted molar refractivity (Wildman–Crippen MR) is 73.6 cm³/mol. The minimum atomic E-state index is -1.19. The first-order valence-electron chi connectivity index (χ1n) is 6.40. The molecule has 7 nitrogen and oxygen atoms in total. The molecule has 1 N–H and O–H groups in total. The summed E-state index contributed by atoms with van der Waals surface area (Å²) in [5.74, 6) is -3.71. The summed E-state index contributed by atoms with van der Waals surface area (Å²) in [5.41, 5.74) is -0.256. The second-order valence-corrected chi connectivity index (χ2v) is 5.05. The van der Waals surface area contributed by atoms with Crippen LogP contribution in [0.15, 0.2) is 42.0 Å². The Labute approximate surface area is 123 Å². The van der Waals surface area contributed by atoms with Crippen LogP contribution in [-0.2, 0) is 4.79 Å². The first-order valence-corrected chi connectivity index (χ1v) is 6.40. The summed E-state index contributed by atoms with van der Waals surface area (Å²) >= 11 is 0. The van der Waals surface area contributed by atoms with Gasteiger partial charge in [0.2, 0.25) is 0 Å². The summed E-state index contributed by atoms with van der Waals surface area (Å²) in [6, 6.07) is 3.52. The molecule has 22 heavy (non-hydrogen) atoms. The number of carboxylic acids is 1. The van der Waals surface area contributed by atoms with Crippen LogP contribution < -0.4 is 0 Å². The van der Waals surface area contributed by atoms with Crippen LogP contribution >= 0.6 is 0 Å². The summed E-state index contributed by atoms with van der Waals surface area (Å²) in [5, 5.41) is 19.8. The van der Waals surface area contributed by atoms with Gasteiger partial charge in [-0.25, -0.2) is 4.79 Å². The van der Waals surface area contributed by atoms with Crippen molar-refractivity contribution in [3.8, 4) is 0 Å². The van der Waals surface area contributed by atoms with Gasteiger partial charge in [0.1, 0.15) is 0 Å². The van der Waals surface area contributed by atoms with E-state index < -0.39 is 28.5 Å². The third-order valence-corrected chi connectivity index (χ3v) is 3.83. The van der Waals surface area contributed by atoms with E-state index in [1.165, 1.54) is 30.4 Å². The van der Waals surface area contributed by atoms with Crippen molar-refractivity contribution in [2.75, 3.05) is 0 Å². The van der Waals surface area contributed by atoms with Crippen LogP contribution in [0.25, 0.3) is 0 Å². The Morgan fingerprint density at radius 3 is 2.45 bits per heavy atom. The van der Waals surface area contributed by atoms with Crippen LogP contribution in [0, 0.1) is 22.0 Å². The molecule has 0 saturated carbocycles. The number of Topliss-reactive ketones (excluding diaryl/α,β-unsaturated/α-hetero) is 2. The van der Waals surface area contributed by atoms with Gasteiger partial charge >= 0.3 is 5.97 Å². The Balaban J connectivity index is 2.14. The second kappa shape index (κ2) is 4.73. The number of carbonyl (C=O) groups is 3. The van der Waals surface area contributed by atoms with E-state index in [1.807, 2.05) is 0 Å². The van der Waals surface area contributed by atoms with Gasteiger partial charge in [-0.1, -0.05) is 18.2 Å². The van der Waals surface area contributed by atoms with E-state index in [1.54, 1.807) is 0 Å². The second-order valence-electron chi connectivity index (χ2n) is 5.05. The van der Waals surface area contributed by atoms with E-state index in [0.717, 1.165) is 6.07 Å². The van der Waals surface area contributed by atoms with Crippen molar-refractivity contribution in [2.45, 2.75) is 0 Å². The highest BCUT2D eigenvalue weighted by atomic mass is 16.6. The van der Waals surface area contributed by atoms with Crippen molar-refractivity contribution in [3.63, 3.8) is 0 Å². The monoisotopic (exact) mass is 299 g/mol. The number of allylic oxidation sites excluding steroid dienone is 2. The fraction of sp³-hybridized carbons (Fsp3) is 0.133. The molecule has 0 bridgehead atoms. The molecule has 2 aliphatic carbocycles. The molecule has 7 heteroatoms. The van der Waals surface area contributed by atoms with Crippen LogP contribution in [0.1, 0.15) is 20.7 Å². The molecule has 0 amide bonds. The third kappa shape index (κ3) is 1.95. The van der Waals surface area contributed by atoms with Crippen LogP contribution in [0.4, 0.5) is 5.69 Å². The van der Waals surface area contributed by atoms with Crippen LogP contribution in [-0.4, -0.2) is 27.6 Å². The minimum absolute atomic E-state index is 0.0308. The fourth-order valence-corrected chi connectivity index (χ4v) is 2.74. The normalized spacial score (nSPS) is 22.6. The van der Waals surface area contributed by atoms with Crippen molar-refractivity contribution in [1.29, 1.82) is 0 Å².